The van der Waals surface area contributed by atoms with Crippen LogP contribution in [0.3, 0.4) is 0 Å². The maximum Gasteiger partial charge on any atom is 0.416 e. The largest absolute Gasteiger partial charge is 0.416 e. The van der Waals surface area contributed by atoms with Gasteiger partial charge in [-0.15, -0.1) is 0 Å². The van der Waals surface area contributed by atoms with Crippen LogP contribution in [-0.2, 0) is 17.4 Å². The number of carbonyl (C=O) groups excluding carboxylic acids is 1. The third-order valence-electron chi connectivity index (χ3n) is 4.58. The Morgan fingerprint density at radius 1 is 1.00 bits per heavy atom. The monoisotopic (exact) mass is 380 g/mol. The molecule has 0 aliphatic carbocycles. The van der Waals surface area contributed by atoms with Gasteiger partial charge < -0.3 is 10.2 Å². The molecule has 1 saturated heterocycles. The Kier molecular flexibility index (Phi) is 5.68. The first-order chi connectivity index (χ1) is 12.8. The summed E-state index contributed by atoms with van der Waals surface area (Å²) in [7, 11) is 0. The topological polar surface area (TPSA) is 32.3 Å². The van der Waals surface area contributed by atoms with Crippen LogP contribution < -0.4 is 10.2 Å². The maximum absolute atomic E-state index is 13.7. The predicted molar refractivity (Wildman–Crippen MR) is 96.2 cm³/mol. The van der Waals surface area contributed by atoms with E-state index in [0.717, 1.165) is 50.2 Å². The van der Waals surface area contributed by atoms with Crippen LogP contribution in [0.15, 0.2) is 42.5 Å². The molecule has 0 radical (unpaired) electrons. The van der Waals surface area contributed by atoms with Crippen molar-refractivity contribution in [2.45, 2.75) is 31.9 Å². The smallest absolute Gasteiger partial charge is 0.370 e. The minimum atomic E-state index is -4.41. The summed E-state index contributed by atoms with van der Waals surface area (Å²) < 4.78 is 51.5. The van der Waals surface area contributed by atoms with Gasteiger partial charge in [0.05, 0.1) is 23.4 Å². The number of carbonyl (C=O) groups is 1. The summed E-state index contributed by atoms with van der Waals surface area (Å²) in [6.07, 6.45) is -1.28. The second-order valence-electron chi connectivity index (χ2n) is 6.63. The molecule has 0 atom stereocenters. The Morgan fingerprint density at radius 2 is 1.67 bits per heavy atom. The average molecular weight is 380 g/mol. The summed E-state index contributed by atoms with van der Waals surface area (Å²) in [6.45, 7) is 1.68. The number of hydrogen-bond donors (Lipinski definition) is 1. The molecule has 1 heterocycles. The van der Waals surface area contributed by atoms with E-state index in [1.165, 1.54) is 24.3 Å². The normalized spacial score (nSPS) is 14.9. The molecule has 2 aromatic carbocycles. The van der Waals surface area contributed by atoms with Crippen LogP contribution in [0.25, 0.3) is 0 Å². The van der Waals surface area contributed by atoms with Crippen LogP contribution in [0.1, 0.15) is 30.4 Å². The van der Waals surface area contributed by atoms with E-state index in [4.69, 9.17) is 0 Å². The molecule has 7 heteroatoms. The highest BCUT2D eigenvalue weighted by atomic mass is 19.4. The van der Waals surface area contributed by atoms with Gasteiger partial charge in [0.25, 0.3) is 0 Å². The van der Waals surface area contributed by atoms with Crippen molar-refractivity contribution in [1.82, 2.24) is 0 Å². The van der Waals surface area contributed by atoms with Crippen molar-refractivity contribution in [3.63, 3.8) is 0 Å². The van der Waals surface area contributed by atoms with E-state index in [-0.39, 0.29) is 6.42 Å². The molecular weight excluding hydrogens is 360 g/mol. The maximum atomic E-state index is 13.7. The molecule has 1 fully saturated rings. The van der Waals surface area contributed by atoms with Crippen LogP contribution in [0, 0.1) is 5.82 Å². The molecule has 3 nitrogen and oxygen atoms in total. The van der Waals surface area contributed by atoms with Crippen LogP contribution in [0.2, 0.25) is 0 Å². The Balaban J connectivity index is 1.71. The van der Waals surface area contributed by atoms with Gasteiger partial charge in [0.1, 0.15) is 5.82 Å². The lowest BCUT2D eigenvalue weighted by atomic mass is 10.1. The van der Waals surface area contributed by atoms with Crippen LogP contribution in [0.5, 0.6) is 0 Å². The highest BCUT2D eigenvalue weighted by Gasteiger charge is 2.30. The Bertz CT molecular complexity index is 797. The molecule has 1 aliphatic heterocycles. The van der Waals surface area contributed by atoms with Gasteiger partial charge >= 0.3 is 6.18 Å². The second kappa shape index (κ2) is 7.98. The van der Waals surface area contributed by atoms with Crippen molar-refractivity contribution < 1.29 is 22.4 Å². The molecular formula is C20H20F4N2O. The molecule has 27 heavy (non-hydrogen) atoms. The van der Waals surface area contributed by atoms with Crippen molar-refractivity contribution in [1.29, 1.82) is 0 Å². The zero-order chi connectivity index (χ0) is 19.4. The summed E-state index contributed by atoms with van der Waals surface area (Å²) in [5, 5.41) is 2.70. The molecule has 0 aromatic heterocycles. The summed E-state index contributed by atoms with van der Waals surface area (Å²) >= 11 is 0. The summed E-state index contributed by atoms with van der Waals surface area (Å²) in [4.78, 5) is 14.4. The summed E-state index contributed by atoms with van der Waals surface area (Å²) in [5.41, 5.74) is 0.839. The fourth-order valence-corrected chi connectivity index (χ4v) is 3.21. The summed E-state index contributed by atoms with van der Waals surface area (Å²) in [5.74, 6) is -0.862. The highest BCUT2D eigenvalue weighted by molar-refractivity contribution is 5.95. The SMILES string of the molecule is O=C(Cc1ccc(C(F)(F)F)cc1)Nc1cc(F)ccc1N1CCCCC1. The lowest BCUT2D eigenvalue weighted by molar-refractivity contribution is -0.137. The number of piperidine rings is 1. The van der Waals surface area contributed by atoms with E-state index in [1.807, 2.05) is 0 Å². The Labute approximate surface area is 155 Å². The standard InChI is InChI=1S/C20H20F4N2O/c21-16-8-9-18(26-10-2-1-3-11-26)17(13-16)25-19(27)12-14-4-6-15(7-5-14)20(22,23)24/h4-9,13H,1-3,10-12H2,(H,25,27). The molecule has 1 N–H and O–H groups in total. The number of amides is 1. The Hall–Kier alpha value is -2.57. The van der Waals surface area contributed by atoms with Gasteiger partial charge in [-0.3, -0.25) is 4.79 Å². The van der Waals surface area contributed by atoms with E-state index in [1.54, 1.807) is 6.07 Å². The molecule has 0 bridgehead atoms. The van der Waals surface area contributed by atoms with Crippen molar-refractivity contribution in [2.24, 2.45) is 0 Å². The first kappa shape index (κ1) is 19.2. The lowest BCUT2D eigenvalue weighted by Gasteiger charge is -2.30. The average Bonchev–Trinajstić information content (AvgIpc) is 2.62. The zero-order valence-corrected chi connectivity index (χ0v) is 14.7. The van der Waals surface area contributed by atoms with Crippen LogP contribution in [0.4, 0.5) is 28.9 Å². The van der Waals surface area contributed by atoms with Gasteiger partial charge in [-0.1, -0.05) is 12.1 Å². The molecule has 1 amide bonds. The number of hydrogen-bond acceptors (Lipinski definition) is 2. The minimum Gasteiger partial charge on any atom is -0.370 e. The molecule has 0 unspecified atom stereocenters. The molecule has 144 valence electrons. The number of benzene rings is 2. The first-order valence-corrected chi connectivity index (χ1v) is 8.83. The van der Waals surface area contributed by atoms with Crippen molar-refractivity contribution in [2.75, 3.05) is 23.3 Å². The van der Waals surface area contributed by atoms with Gasteiger partial charge in [-0.2, -0.15) is 13.2 Å². The van der Waals surface area contributed by atoms with Gasteiger partial charge in [0, 0.05) is 13.1 Å². The number of nitrogens with one attached hydrogen (secondary N) is 1. The zero-order valence-electron chi connectivity index (χ0n) is 14.7. The summed E-state index contributed by atoms with van der Waals surface area (Å²) in [6, 6.07) is 8.73. The third-order valence-corrected chi connectivity index (χ3v) is 4.58. The van der Waals surface area contributed by atoms with Crippen molar-refractivity contribution in [3.8, 4) is 0 Å². The van der Waals surface area contributed by atoms with E-state index in [0.29, 0.717) is 11.3 Å². The fraction of sp³-hybridized carbons (Fsp3) is 0.350. The molecule has 3 rings (SSSR count). The van der Waals surface area contributed by atoms with E-state index in [2.05, 4.69) is 10.2 Å². The second-order valence-corrected chi connectivity index (χ2v) is 6.63. The van der Waals surface area contributed by atoms with E-state index >= 15 is 0 Å². The third kappa shape index (κ3) is 4.99. The van der Waals surface area contributed by atoms with Gasteiger partial charge in [-0.05, 0) is 55.2 Å². The number of anilines is 2. The molecule has 1 aliphatic rings. The fourth-order valence-electron chi connectivity index (χ4n) is 3.21. The van der Waals surface area contributed by atoms with E-state index < -0.39 is 23.5 Å². The number of halogens is 4. The molecule has 2 aromatic rings. The van der Waals surface area contributed by atoms with Gasteiger partial charge in [0.2, 0.25) is 5.91 Å². The molecule has 0 saturated carbocycles. The number of alkyl halides is 3. The minimum absolute atomic E-state index is 0.0892. The first-order valence-electron chi connectivity index (χ1n) is 8.83. The lowest BCUT2D eigenvalue weighted by Crippen LogP contribution is -2.30. The predicted octanol–water partition coefficient (Wildman–Crippen LogP) is 5.02. The van der Waals surface area contributed by atoms with Gasteiger partial charge in [0.15, 0.2) is 0 Å². The Morgan fingerprint density at radius 3 is 2.30 bits per heavy atom. The highest BCUT2D eigenvalue weighted by Crippen LogP contribution is 2.30. The number of rotatable bonds is 4. The van der Waals surface area contributed by atoms with Crippen molar-refractivity contribution >= 4 is 17.3 Å². The van der Waals surface area contributed by atoms with Crippen molar-refractivity contribution in [3.05, 3.63) is 59.4 Å². The van der Waals surface area contributed by atoms with Crippen LogP contribution in [-0.4, -0.2) is 19.0 Å². The number of nitrogens with zero attached hydrogens (tertiary/aromatic N) is 1. The van der Waals surface area contributed by atoms with E-state index in [9.17, 15) is 22.4 Å². The van der Waals surface area contributed by atoms with Crippen LogP contribution >= 0.6 is 0 Å². The van der Waals surface area contributed by atoms with Gasteiger partial charge in [-0.25, -0.2) is 4.39 Å². The quantitative estimate of drug-likeness (QED) is 0.756. The molecule has 0 spiro atoms.